The van der Waals surface area contributed by atoms with Gasteiger partial charge >= 0.3 is 10.2 Å². The van der Waals surface area contributed by atoms with Crippen LogP contribution in [0.2, 0.25) is 5.02 Å². The van der Waals surface area contributed by atoms with E-state index in [0.717, 1.165) is 46.3 Å². The standard InChI is InChI=1S/C26H35ClN4O4S/c1-20(26(33)28-23-13-6-4-7-14-23)30(18-21-11-10-12-22(27)17-21)25(32)19-31(36(34,35)29(2)3)24-15-8-5-9-16-24/h5,8-12,15-17,20,23H,4,6-7,13-14,18-19H2,1-3H3,(H,28,33)/t20-/m1/s1. The molecule has 0 spiro atoms. The second-order valence-electron chi connectivity index (χ2n) is 9.30. The largest absolute Gasteiger partial charge is 0.352 e. The van der Waals surface area contributed by atoms with Crippen molar-refractivity contribution >= 4 is 39.3 Å². The SMILES string of the molecule is C[C@H](C(=O)NC1CCCCC1)N(Cc1cccc(Cl)c1)C(=O)CN(c1ccccc1)S(=O)(=O)N(C)C. The maximum atomic E-state index is 13.7. The molecule has 1 aliphatic rings. The average molecular weight is 535 g/mol. The Kier molecular flexibility index (Phi) is 9.76. The minimum Gasteiger partial charge on any atom is -0.352 e. The number of halogens is 1. The second-order valence-corrected chi connectivity index (χ2v) is 11.8. The molecule has 2 aromatic rings. The molecule has 0 aromatic heterocycles. The molecule has 196 valence electrons. The summed E-state index contributed by atoms with van der Waals surface area (Å²) in [5.41, 5.74) is 1.11. The van der Waals surface area contributed by atoms with E-state index in [2.05, 4.69) is 5.32 Å². The van der Waals surface area contributed by atoms with Crippen molar-refractivity contribution in [1.29, 1.82) is 0 Å². The predicted octanol–water partition coefficient (Wildman–Crippen LogP) is 3.82. The van der Waals surface area contributed by atoms with Crippen LogP contribution in [0.3, 0.4) is 0 Å². The van der Waals surface area contributed by atoms with Gasteiger partial charge in [-0.3, -0.25) is 9.59 Å². The van der Waals surface area contributed by atoms with E-state index in [1.54, 1.807) is 55.5 Å². The van der Waals surface area contributed by atoms with Crippen LogP contribution >= 0.6 is 11.6 Å². The fourth-order valence-corrected chi connectivity index (χ4v) is 5.56. The minimum atomic E-state index is -3.97. The van der Waals surface area contributed by atoms with E-state index in [1.807, 2.05) is 6.07 Å². The van der Waals surface area contributed by atoms with Crippen LogP contribution in [-0.2, 0) is 26.3 Å². The molecule has 2 aromatic carbocycles. The molecule has 0 heterocycles. The van der Waals surface area contributed by atoms with Crippen LogP contribution in [0.5, 0.6) is 0 Å². The maximum Gasteiger partial charge on any atom is 0.304 e. The first-order valence-corrected chi connectivity index (χ1v) is 14.0. The van der Waals surface area contributed by atoms with Crippen molar-refractivity contribution in [2.45, 2.75) is 57.7 Å². The lowest BCUT2D eigenvalue weighted by molar-refractivity contribution is -0.139. The highest BCUT2D eigenvalue weighted by Gasteiger charge is 2.33. The molecule has 2 amide bonds. The summed E-state index contributed by atoms with van der Waals surface area (Å²) < 4.78 is 28.4. The van der Waals surface area contributed by atoms with Gasteiger partial charge in [-0.15, -0.1) is 0 Å². The van der Waals surface area contributed by atoms with Crippen LogP contribution in [0, 0.1) is 0 Å². The molecule has 1 saturated carbocycles. The number of benzene rings is 2. The number of rotatable bonds is 10. The summed E-state index contributed by atoms with van der Waals surface area (Å²) >= 11 is 6.16. The van der Waals surface area contributed by atoms with Crippen molar-refractivity contribution < 1.29 is 18.0 Å². The van der Waals surface area contributed by atoms with Crippen LogP contribution in [0.25, 0.3) is 0 Å². The molecule has 0 aliphatic heterocycles. The van der Waals surface area contributed by atoms with E-state index in [9.17, 15) is 18.0 Å². The monoisotopic (exact) mass is 534 g/mol. The van der Waals surface area contributed by atoms with Crippen LogP contribution in [0.15, 0.2) is 54.6 Å². The minimum absolute atomic E-state index is 0.0896. The number of carbonyl (C=O) groups excluding carboxylic acids is 2. The number of para-hydroxylation sites is 1. The Hall–Kier alpha value is -2.62. The first kappa shape index (κ1) is 28.0. The van der Waals surface area contributed by atoms with E-state index in [1.165, 1.54) is 19.0 Å². The predicted molar refractivity (Wildman–Crippen MR) is 143 cm³/mol. The lowest BCUT2D eigenvalue weighted by Gasteiger charge is -2.34. The van der Waals surface area contributed by atoms with E-state index in [-0.39, 0.29) is 18.5 Å². The smallest absolute Gasteiger partial charge is 0.304 e. The van der Waals surface area contributed by atoms with Crippen LogP contribution < -0.4 is 9.62 Å². The summed E-state index contributed by atoms with van der Waals surface area (Å²) in [5, 5.41) is 3.60. The highest BCUT2D eigenvalue weighted by atomic mass is 35.5. The van der Waals surface area contributed by atoms with Gasteiger partial charge in [0.15, 0.2) is 0 Å². The van der Waals surface area contributed by atoms with E-state index in [4.69, 9.17) is 11.6 Å². The van der Waals surface area contributed by atoms with Crippen molar-refractivity contribution in [2.75, 3.05) is 24.9 Å². The van der Waals surface area contributed by atoms with Gasteiger partial charge in [-0.2, -0.15) is 12.7 Å². The van der Waals surface area contributed by atoms with Crippen molar-refractivity contribution in [3.63, 3.8) is 0 Å². The van der Waals surface area contributed by atoms with Crippen LogP contribution in [-0.4, -0.2) is 62.2 Å². The molecule has 3 rings (SSSR count). The Labute approximate surface area is 219 Å². The van der Waals surface area contributed by atoms with Crippen molar-refractivity contribution in [3.05, 3.63) is 65.2 Å². The molecule has 8 nitrogen and oxygen atoms in total. The van der Waals surface area contributed by atoms with Gasteiger partial charge < -0.3 is 10.2 Å². The van der Waals surface area contributed by atoms with Gasteiger partial charge in [0.2, 0.25) is 11.8 Å². The van der Waals surface area contributed by atoms with Gasteiger partial charge in [0, 0.05) is 31.7 Å². The van der Waals surface area contributed by atoms with Gasteiger partial charge in [0.1, 0.15) is 12.6 Å². The summed E-state index contributed by atoms with van der Waals surface area (Å²) in [6, 6.07) is 14.8. The number of nitrogens with zero attached hydrogens (tertiary/aromatic N) is 3. The van der Waals surface area contributed by atoms with Gasteiger partial charge in [0.25, 0.3) is 0 Å². The van der Waals surface area contributed by atoms with Crippen LogP contribution in [0.4, 0.5) is 5.69 Å². The number of anilines is 1. The van der Waals surface area contributed by atoms with E-state index < -0.39 is 28.7 Å². The highest BCUT2D eigenvalue weighted by Crippen LogP contribution is 2.22. The summed E-state index contributed by atoms with van der Waals surface area (Å²) in [6.07, 6.45) is 5.14. The summed E-state index contributed by atoms with van der Waals surface area (Å²) in [4.78, 5) is 28.3. The lowest BCUT2D eigenvalue weighted by atomic mass is 9.95. The average Bonchev–Trinajstić information content (AvgIpc) is 2.86. The maximum absolute atomic E-state index is 13.7. The third kappa shape index (κ3) is 7.21. The van der Waals surface area contributed by atoms with Crippen molar-refractivity contribution in [3.8, 4) is 0 Å². The normalized spacial score (nSPS) is 15.4. The first-order chi connectivity index (χ1) is 17.1. The summed E-state index contributed by atoms with van der Waals surface area (Å²) in [7, 11) is -1.14. The number of hydrogen-bond acceptors (Lipinski definition) is 4. The zero-order valence-corrected chi connectivity index (χ0v) is 22.6. The number of hydrogen-bond donors (Lipinski definition) is 1. The summed E-state index contributed by atoms with van der Waals surface area (Å²) in [6.45, 7) is 1.34. The Morgan fingerprint density at radius 3 is 2.31 bits per heavy atom. The van der Waals surface area contributed by atoms with Gasteiger partial charge in [-0.05, 0) is 49.6 Å². The van der Waals surface area contributed by atoms with E-state index in [0.29, 0.717) is 10.7 Å². The fourth-order valence-electron chi connectivity index (χ4n) is 4.29. The van der Waals surface area contributed by atoms with Gasteiger partial charge in [-0.1, -0.05) is 61.2 Å². The quantitative estimate of drug-likeness (QED) is 0.502. The molecule has 1 aliphatic carbocycles. The van der Waals surface area contributed by atoms with Gasteiger partial charge in [-0.25, -0.2) is 4.31 Å². The number of nitrogens with one attached hydrogen (secondary N) is 1. The molecule has 0 bridgehead atoms. The first-order valence-electron chi connectivity index (χ1n) is 12.2. The molecule has 0 radical (unpaired) electrons. The van der Waals surface area contributed by atoms with Crippen molar-refractivity contribution in [2.24, 2.45) is 0 Å². The highest BCUT2D eigenvalue weighted by molar-refractivity contribution is 7.90. The molecule has 1 N–H and O–H groups in total. The molecule has 36 heavy (non-hydrogen) atoms. The zero-order valence-electron chi connectivity index (χ0n) is 21.1. The van der Waals surface area contributed by atoms with Crippen molar-refractivity contribution in [1.82, 2.24) is 14.5 Å². The number of amides is 2. The number of carbonyl (C=O) groups is 2. The molecule has 10 heteroatoms. The summed E-state index contributed by atoms with van der Waals surface area (Å²) in [5.74, 6) is -0.741. The second kappa shape index (κ2) is 12.6. The molecular weight excluding hydrogens is 500 g/mol. The molecular formula is C26H35ClN4O4S. The topological polar surface area (TPSA) is 90.0 Å². The van der Waals surface area contributed by atoms with Crippen LogP contribution in [0.1, 0.15) is 44.6 Å². The third-order valence-electron chi connectivity index (χ3n) is 6.42. The molecule has 0 saturated heterocycles. The molecule has 1 atom stereocenters. The Bertz CT molecular complexity index is 1140. The third-order valence-corrected chi connectivity index (χ3v) is 8.48. The lowest BCUT2D eigenvalue weighted by Crippen LogP contribution is -2.53. The Balaban J connectivity index is 1.89. The Morgan fingerprint density at radius 1 is 1.03 bits per heavy atom. The van der Waals surface area contributed by atoms with E-state index >= 15 is 0 Å². The molecule has 0 unspecified atom stereocenters. The van der Waals surface area contributed by atoms with Gasteiger partial charge in [0.05, 0.1) is 5.69 Å². The molecule has 1 fully saturated rings. The zero-order chi connectivity index (χ0) is 26.3. The fraction of sp³-hybridized carbons (Fsp3) is 0.462. The Morgan fingerprint density at radius 2 is 1.69 bits per heavy atom.